The number of rotatable bonds is 7. The van der Waals surface area contributed by atoms with E-state index in [0.717, 1.165) is 24.8 Å². The number of hydrogen-bond acceptors (Lipinski definition) is 4. The topological polar surface area (TPSA) is 86.8 Å². The first-order valence-corrected chi connectivity index (χ1v) is 13.3. The summed E-state index contributed by atoms with van der Waals surface area (Å²) in [7, 11) is -2.08. The number of nitrogens with one attached hydrogen (secondary N) is 1. The van der Waals surface area contributed by atoms with E-state index in [2.05, 4.69) is 19.2 Å². The van der Waals surface area contributed by atoms with E-state index >= 15 is 0 Å². The summed E-state index contributed by atoms with van der Waals surface area (Å²) >= 11 is 0. The second-order valence-corrected chi connectivity index (χ2v) is 11.7. The van der Waals surface area contributed by atoms with Crippen LogP contribution in [0.5, 0.6) is 0 Å². The van der Waals surface area contributed by atoms with Gasteiger partial charge in [0.05, 0.1) is 4.90 Å². The van der Waals surface area contributed by atoms with Crippen molar-refractivity contribution in [2.24, 2.45) is 11.8 Å². The summed E-state index contributed by atoms with van der Waals surface area (Å²) in [6.07, 6.45) is 2.89. The Morgan fingerprint density at radius 3 is 2.24 bits per heavy atom. The van der Waals surface area contributed by atoms with Gasteiger partial charge < -0.3 is 10.2 Å². The molecule has 7 nitrogen and oxygen atoms in total. The van der Waals surface area contributed by atoms with E-state index in [1.165, 1.54) is 6.07 Å². The largest absolute Gasteiger partial charge is 0.355 e. The minimum Gasteiger partial charge on any atom is -0.355 e. The van der Waals surface area contributed by atoms with Gasteiger partial charge in [-0.15, -0.1) is 0 Å². The first-order valence-electron chi connectivity index (χ1n) is 11.9. The van der Waals surface area contributed by atoms with E-state index in [9.17, 15) is 18.0 Å². The molecular formula is C26H33N3O4S. The Morgan fingerprint density at radius 1 is 1.00 bits per heavy atom. The van der Waals surface area contributed by atoms with Gasteiger partial charge in [0.2, 0.25) is 10.0 Å². The van der Waals surface area contributed by atoms with Crippen molar-refractivity contribution in [1.82, 2.24) is 14.5 Å². The molecule has 8 heteroatoms. The van der Waals surface area contributed by atoms with Crippen LogP contribution in [0.3, 0.4) is 0 Å². The Bertz CT molecular complexity index is 1150. The molecule has 1 N–H and O–H groups in total. The number of carbonyl (C=O) groups excluding carboxylic acids is 2. The van der Waals surface area contributed by atoms with Crippen molar-refractivity contribution in [3.05, 3.63) is 65.2 Å². The van der Waals surface area contributed by atoms with Crippen molar-refractivity contribution < 1.29 is 18.0 Å². The summed E-state index contributed by atoms with van der Waals surface area (Å²) in [5, 5.41) is 2.60. The molecule has 2 amide bonds. The van der Waals surface area contributed by atoms with Crippen LogP contribution >= 0.6 is 0 Å². The summed E-state index contributed by atoms with van der Waals surface area (Å²) in [4.78, 5) is 27.2. The minimum atomic E-state index is -3.66. The second kappa shape index (κ2) is 9.88. The normalized spacial score (nSPS) is 21.1. The fraction of sp³-hybridized carbons (Fsp3) is 0.462. The lowest BCUT2D eigenvalue weighted by molar-refractivity contribution is 0.0729. The van der Waals surface area contributed by atoms with Crippen LogP contribution < -0.4 is 5.32 Å². The van der Waals surface area contributed by atoms with Crippen LogP contribution in [0.15, 0.2) is 53.4 Å². The molecule has 2 unspecified atom stereocenters. The Kier molecular flexibility index (Phi) is 7.09. The number of piperidine rings is 1. The van der Waals surface area contributed by atoms with Gasteiger partial charge in [-0.05, 0) is 67.0 Å². The van der Waals surface area contributed by atoms with Gasteiger partial charge in [-0.3, -0.25) is 9.59 Å². The van der Waals surface area contributed by atoms with Crippen molar-refractivity contribution in [1.29, 1.82) is 0 Å². The van der Waals surface area contributed by atoms with Crippen molar-refractivity contribution in [2.45, 2.75) is 50.6 Å². The highest BCUT2D eigenvalue weighted by Crippen LogP contribution is 2.31. The summed E-state index contributed by atoms with van der Waals surface area (Å²) in [5.74, 6) is 0.291. The first-order chi connectivity index (χ1) is 16.2. The molecule has 0 aromatic heterocycles. The lowest BCUT2D eigenvalue weighted by Crippen LogP contribution is -2.42. The number of carbonyl (C=O) groups is 2. The van der Waals surface area contributed by atoms with Crippen molar-refractivity contribution in [3.8, 4) is 0 Å². The summed E-state index contributed by atoms with van der Waals surface area (Å²) in [6.45, 7) is 5.57. The van der Waals surface area contributed by atoms with Crippen molar-refractivity contribution in [2.75, 3.05) is 20.1 Å². The zero-order chi connectivity index (χ0) is 24.5. The molecule has 1 saturated carbocycles. The summed E-state index contributed by atoms with van der Waals surface area (Å²) in [6, 6.07) is 13.8. The average Bonchev–Trinajstić information content (AvgIpc) is 3.67. The third-order valence-electron chi connectivity index (χ3n) is 6.60. The Morgan fingerprint density at radius 2 is 1.65 bits per heavy atom. The number of hydrogen-bond donors (Lipinski definition) is 1. The highest BCUT2D eigenvalue weighted by molar-refractivity contribution is 7.89. The summed E-state index contributed by atoms with van der Waals surface area (Å²) < 4.78 is 28.2. The fourth-order valence-electron chi connectivity index (χ4n) is 4.76. The SMILES string of the molecule is CNC(=O)c1ccc(CN(C(=O)c2cccc(S(=O)(=O)N3CC(C)CC(C)C3)c2)C2CC2)cc1. The monoisotopic (exact) mass is 483 g/mol. The average molecular weight is 484 g/mol. The van der Waals surface area contributed by atoms with Gasteiger partial charge in [0.15, 0.2) is 0 Å². The molecule has 2 aromatic carbocycles. The van der Waals surface area contributed by atoms with Crippen molar-refractivity contribution in [3.63, 3.8) is 0 Å². The zero-order valence-corrected chi connectivity index (χ0v) is 20.8. The summed E-state index contributed by atoms with van der Waals surface area (Å²) in [5.41, 5.74) is 1.87. The molecule has 4 rings (SSSR count). The second-order valence-electron chi connectivity index (χ2n) is 9.74. The van der Waals surface area contributed by atoms with E-state index in [0.29, 0.717) is 42.6 Å². The molecule has 0 bridgehead atoms. The molecule has 1 saturated heterocycles. The van der Waals surface area contributed by atoms with E-state index in [4.69, 9.17) is 0 Å². The molecule has 2 aliphatic rings. The maximum Gasteiger partial charge on any atom is 0.254 e. The minimum absolute atomic E-state index is 0.148. The van der Waals surface area contributed by atoms with Gasteiger partial charge in [0, 0.05) is 43.9 Å². The van der Waals surface area contributed by atoms with Gasteiger partial charge in [0.25, 0.3) is 11.8 Å². The molecule has 0 radical (unpaired) electrons. The van der Waals surface area contributed by atoms with Crippen LogP contribution in [-0.4, -0.2) is 55.6 Å². The van der Waals surface area contributed by atoms with Crippen LogP contribution in [0, 0.1) is 11.8 Å². The van der Waals surface area contributed by atoms with E-state index in [-0.39, 0.29) is 22.8 Å². The molecule has 1 aliphatic carbocycles. The van der Waals surface area contributed by atoms with Gasteiger partial charge in [-0.2, -0.15) is 4.31 Å². The molecule has 2 aromatic rings. The predicted octanol–water partition coefficient (Wildman–Crippen LogP) is 3.52. The van der Waals surface area contributed by atoms with Gasteiger partial charge >= 0.3 is 0 Å². The first kappa shape index (κ1) is 24.4. The lowest BCUT2D eigenvalue weighted by atomic mass is 9.94. The van der Waals surface area contributed by atoms with E-state index < -0.39 is 10.0 Å². The smallest absolute Gasteiger partial charge is 0.254 e. The maximum atomic E-state index is 13.5. The van der Waals surface area contributed by atoms with Gasteiger partial charge in [0.1, 0.15) is 0 Å². The predicted molar refractivity (Wildman–Crippen MR) is 131 cm³/mol. The highest BCUT2D eigenvalue weighted by Gasteiger charge is 2.35. The molecular weight excluding hydrogens is 450 g/mol. The molecule has 2 fully saturated rings. The van der Waals surface area contributed by atoms with Crippen molar-refractivity contribution >= 4 is 21.8 Å². The molecule has 0 spiro atoms. The highest BCUT2D eigenvalue weighted by atomic mass is 32.2. The van der Waals surface area contributed by atoms with Gasteiger partial charge in [-0.1, -0.05) is 32.0 Å². The molecule has 182 valence electrons. The quantitative estimate of drug-likeness (QED) is 0.653. The van der Waals surface area contributed by atoms with Crippen LogP contribution in [-0.2, 0) is 16.6 Å². The fourth-order valence-corrected chi connectivity index (χ4v) is 6.49. The standard InChI is InChI=1S/C26H33N3O4S/c1-18-13-19(2)16-28(15-18)34(32,33)24-6-4-5-22(14-24)26(31)29(23-11-12-23)17-20-7-9-21(10-8-20)25(30)27-3/h4-10,14,18-19,23H,11-13,15-17H2,1-3H3,(H,27,30). The Labute approximate surface area is 202 Å². The third kappa shape index (κ3) is 5.33. The van der Waals surface area contributed by atoms with E-state index in [1.54, 1.807) is 41.7 Å². The van der Waals surface area contributed by atoms with Crippen LogP contribution in [0.4, 0.5) is 0 Å². The van der Waals surface area contributed by atoms with E-state index in [1.807, 2.05) is 17.0 Å². The third-order valence-corrected chi connectivity index (χ3v) is 8.43. The zero-order valence-electron chi connectivity index (χ0n) is 20.0. The maximum absolute atomic E-state index is 13.5. The van der Waals surface area contributed by atoms with Crippen LogP contribution in [0.1, 0.15) is 59.4 Å². The number of benzene rings is 2. The Hall–Kier alpha value is -2.71. The molecule has 34 heavy (non-hydrogen) atoms. The number of amides is 2. The lowest BCUT2D eigenvalue weighted by Gasteiger charge is -2.34. The molecule has 1 aliphatic heterocycles. The number of sulfonamides is 1. The molecule has 1 heterocycles. The Balaban J connectivity index is 1.54. The molecule has 2 atom stereocenters. The van der Waals surface area contributed by atoms with Crippen LogP contribution in [0.25, 0.3) is 0 Å². The number of nitrogens with zero attached hydrogens (tertiary/aromatic N) is 2. The van der Waals surface area contributed by atoms with Gasteiger partial charge in [-0.25, -0.2) is 8.42 Å². The van der Waals surface area contributed by atoms with Crippen LogP contribution in [0.2, 0.25) is 0 Å².